The Morgan fingerprint density at radius 2 is 2.26 bits per heavy atom. The lowest BCUT2D eigenvalue weighted by Gasteiger charge is -2.22. The molecule has 0 radical (unpaired) electrons. The topological polar surface area (TPSA) is 32.3 Å². The minimum absolute atomic E-state index is 0.0152. The second kappa shape index (κ2) is 7.31. The van der Waals surface area contributed by atoms with Crippen molar-refractivity contribution in [2.45, 2.75) is 26.4 Å². The van der Waals surface area contributed by atoms with Crippen molar-refractivity contribution in [2.75, 3.05) is 6.54 Å². The Kier molecular flexibility index (Phi) is 5.42. The second-order valence-electron chi connectivity index (χ2n) is 4.29. The highest BCUT2D eigenvalue weighted by Crippen LogP contribution is 2.11. The van der Waals surface area contributed by atoms with Gasteiger partial charge in [0.25, 0.3) is 0 Å². The molecule has 5 heteroatoms. The molecule has 0 aliphatic heterocycles. The average Bonchev–Trinajstić information content (AvgIpc) is 3.08. The van der Waals surface area contributed by atoms with E-state index in [1.54, 1.807) is 22.7 Å². The lowest BCUT2D eigenvalue weighted by molar-refractivity contribution is 0.195. The normalized spacial score (nSPS) is 10.4. The van der Waals surface area contributed by atoms with E-state index in [1.807, 2.05) is 27.8 Å². The predicted molar refractivity (Wildman–Crippen MR) is 81.6 cm³/mol. The lowest BCUT2D eigenvalue weighted by Crippen LogP contribution is -2.39. The fourth-order valence-electron chi connectivity index (χ4n) is 1.81. The molecule has 102 valence electrons. The monoisotopic (exact) mass is 294 g/mol. The van der Waals surface area contributed by atoms with Gasteiger partial charge in [-0.1, -0.05) is 13.0 Å². The summed E-state index contributed by atoms with van der Waals surface area (Å²) in [6.07, 6.45) is 0.969. The summed E-state index contributed by atoms with van der Waals surface area (Å²) in [5.41, 5.74) is 1.20. The molecule has 0 bridgehead atoms. The molecule has 0 unspecified atom stereocenters. The van der Waals surface area contributed by atoms with Crippen LogP contribution in [0.25, 0.3) is 0 Å². The SMILES string of the molecule is CCCN(Cc1ccsc1)C(=O)NCc1cccs1. The number of nitrogens with one attached hydrogen (secondary N) is 1. The molecule has 0 aliphatic rings. The van der Waals surface area contributed by atoms with E-state index in [-0.39, 0.29) is 6.03 Å². The zero-order valence-electron chi connectivity index (χ0n) is 11.0. The third-order valence-corrected chi connectivity index (χ3v) is 4.34. The van der Waals surface area contributed by atoms with Crippen LogP contribution in [0.2, 0.25) is 0 Å². The first-order valence-electron chi connectivity index (χ1n) is 6.36. The Bertz CT molecular complexity index is 480. The molecule has 2 heterocycles. The molecule has 2 rings (SSSR count). The van der Waals surface area contributed by atoms with Crippen LogP contribution in [0.3, 0.4) is 0 Å². The van der Waals surface area contributed by atoms with Gasteiger partial charge in [0.15, 0.2) is 0 Å². The Morgan fingerprint density at radius 1 is 1.37 bits per heavy atom. The summed E-state index contributed by atoms with van der Waals surface area (Å²) >= 11 is 3.33. The van der Waals surface area contributed by atoms with Crippen molar-refractivity contribution in [2.24, 2.45) is 0 Å². The molecule has 1 N–H and O–H groups in total. The number of rotatable bonds is 6. The van der Waals surface area contributed by atoms with Gasteiger partial charge in [0, 0.05) is 18.0 Å². The van der Waals surface area contributed by atoms with Crippen LogP contribution in [0.4, 0.5) is 4.79 Å². The van der Waals surface area contributed by atoms with Crippen LogP contribution in [0.1, 0.15) is 23.8 Å². The molecule has 2 amide bonds. The number of carbonyl (C=O) groups is 1. The highest BCUT2D eigenvalue weighted by molar-refractivity contribution is 7.09. The van der Waals surface area contributed by atoms with Gasteiger partial charge in [0.2, 0.25) is 0 Å². The van der Waals surface area contributed by atoms with E-state index in [1.165, 1.54) is 10.4 Å². The smallest absolute Gasteiger partial charge is 0.317 e. The van der Waals surface area contributed by atoms with Crippen LogP contribution >= 0.6 is 22.7 Å². The maximum absolute atomic E-state index is 12.2. The summed E-state index contributed by atoms with van der Waals surface area (Å²) in [5.74, 6) is 0. The third-order valence-electron chi connectivity index (χ3n) is 2.73. The van der Waals surface area contributed by atoms with E-state index in [4.69, 9.17) is 0 Å². The summed E-state index contributed by atoms with van der Waals surface area (Å²) in [5, 5.41) is 9.14. The number of thiophene rings is 2. The van der Waals surface area contributed by atoms with E-state index in [0.29, 0.717) is 13.1 Å². The molecule has 0 fully saturated rings. The van der Waals surface area contributed by atoms with E-state index >= 15 is 0 Å². The maximum Gasteiger partial charge on any atom is 0.317 e. The number of carbonyl (C=O) groups excluding carboxylic acids is 1. The summed E-state index contributed by atoms with van der Waals surface area (Å²) in [7, 11) is 0. The molecule has 0 atom stereocenters. The molecule has 0 aromatic carbocycles. The molecular formula is C14H18N2OS2. The third kappa shape index (κ3) is 4.36. The number of hydrogen-bond acceptors (Lipinski definition) is 3. The molecule has 19 heavy (non-hydrogen) atoms. The first kappa shape index (κ1) is 14.1. The maximum atomic E-state index is 12.2. The molecule has 0 saturated heterocycles. The van der Waals surface area contributed by atoms with Crippen molar-refractivity contribution in [3.63, 3.8) is 0 Å². The fourth-order valence-corrected chi connectivity index (χ4v) is 3.12. The molecule has 2 aromatic rings. The molecule has 3 nitrogen and oxygen atoms in total. The second-order valence-corrected chi connectivity index (χ2v) is 6.10. The van der Waals surface area contributed by atoms with Crippen LogP contribution in [0.15, 0.2) is 34.3 Å². The average molecular weight is 294 g/mol. The van der Waals surface area contributed by atoms with Crippen molar-refractivity contribution in [1.29, 1.82) is 0 Å². The van der Waals surface area contributed by atoms with Gasteiger partial charge in [-0.25, -0.2) is 4.79 Å². The van der Waals surface area contributed by atoms with Crippen LogP contribution < -0.4 is 5.32 Å². The zero-order valence-corrected chi connectivity index (χ0v) is 12.6. The Morgan fingerprint density at radius 3 is 2.89 bits per heavy atom. The van der Waals surface area contributed by atoms with E-state index in [0.717, 1.165) is 13.0 Å². The van der Waals surface area contributed by atoms with Crippen molar-refractivity contribution in [3.8, 4) is 0 Å². The van der Waals surface area contributed by atoms with Crippen LogP contribution in [0, 0.1) is 0 Å². The van der Waals surface area contributed by atoms with Gasteiger partial charge < -0.3 is 10.2 Å². The summed E-state index contributed by atoms with van der Waals surface area (Å²) < 4.78 is 0. The molecule has 0 spiro atoms. The fraction of sp³-hybridized carbons (Fsp3) is 0.357. The Hall–Kier alpha value is -1.33. The number of nitrogens with zero attached hydrogens (tertiary/aromatic N) is 1. The number of hydrogen-bond donors (Lipinski definition) is 1. The van der Waals surface area contributed by atoms with Crippen LogP contribution in [-0.2, 0) is 13.1 Å². The van der Waals surface area contributed by atoms with E-state index in [2.05, 4.69) is 23.7 Å². The highest BCUT2D eigenvalue weighted by atomic mass is 32.1. The first-order valence-corrected chi connectivity index (χ1v) is 8.18. The van der Waals surface area contributed by atoms with Crippen molar-refractivity contribution in [1.82, 2.24) is 10.2 Å². The zero-order chi connectivity index (χ0) is 13.5. The summed E-state index contributed by atoms with van der Waals surface area (Å²) in [6, 6.07) is 6.12. The van der Waals surface area contributed by atoms with Gasteiger partial charge in [-0.05, 0) is 40.3 Å². The van der Waals surface area contributed by atoms with Gasteiger partial charge >= 0.3 is 6.03 Å². The Labute approximate surface area is 121 Å². The van der Waals surface area contributed by atoms with E-state index < -0.39 is 0 Å². The van der Waals surface area contributed by atoms with Crippen LogP contribution in [-0.4, -0.2) is 17.5 Å². The predicted octanol–water partition coefficient (Wildman–Crippen LogP) is 3.93. The largest absolute Gasteiger partial charge is 0.333 e. The van der Waals surface area contributed by atoms with Gasteiger partial charge in [-0.3, -0.25) is 0 Å². The lowest BCUT2D eigenvalue weighted by atomic mass is 10.3. The van der Waals surface area contributed by atoms with Gasteiger partial charge in [0.05, 0.1) is 6.54 Å². The quantitative estimate of drug-likeness (QED) is 0.860. The van der Waals surface area contributed by atoms with Crippen LogP contribution in [0.5, 0.6) is 0 Å². The minimum Gasteiger partial charge on any atom is -0.333 e. The van der Waals surface area contributed by atoms with Crippen molar-refractivity contribution < 1.29 is 4.79 Å². The Balaban J connectivity index is 1.88. The van der Waals surface area contributed by atoms with Crippen molar-refractivity contribution in [3.05, 3.63) is 44.8 Å². The summed E-state index contributed by atoms with van der Waals surface area (Å²) in [4.78, 5) is 15.2. The molecule has 0 aliphatic carbocycles. The first-order chi connectivity index (χ1) is 9.29. The standard InChI is InChI=1S/C14H18N2OS2/c1-2-6-16(10-12-5-8-18-11-12)14(17)15-9-13-4-3-7-19-13/h3-5,7-8,11H,2,6,9-10H2,1H3,(H,15,17). The molecule has 0 saturated carbocycles. The highest BCUT2D eigenvalue weighted by Gasteiger charge is 2.13. The minimum atomic E-state index is 0.0152. The molecule has 2 aromatic heterocycles. The number of amides is 2. The van der Waals surface area contributed by atoms with Gasteiger partial charge in [0.1, 0.15) is 0 Å². The van der Waals surface area contributed by atoms with Crippen molar-refractivity contribution >= 4 is 28.7 Å². The molecular weight excluding hydrogens is 276 g/mol. The van der Waals surface area contributed by atoms with E-state index in [9.17, 15) is 4.79 Å². The summed E-state index contributed by atoms with van der Waals surface area (Å²) in [6.45, 7) is 4.17. The van der Waals surface area contributed by atoms with Gasteiger partial charge in [-0.2, -0.15) is 11.3 Å². The number of urea groups is 1. The van der Waals surface area contributed by atoms with Gasteiger partial charge in [-0.15, -0.1) is 11.3 Å².